The summed E-state index contributed by atoms with van der Waals surface area (Å²) in [6, 6.07) is 0.747. The summed E-state index contributed by atoms with van der Waals surface area (Å²) in [5.74, 6) is 0. The van der Waals surface area contributed by atoms with Crippen molar-refractivity contribution >= 4 is 0 Å². The van der Waals surface area contributed by atoms with Crippen LogP contribution in [0.25, 0.3) is 0 Å². The summed E-state index contributed by atoms with van der Waals surface area (Å²) in [6.07, 6.45) is 28.4. The lowest BCUT2D eigenvalue weighted by Crippen LogP contribution is -2.24. The normalized spacial score (nSPS) is 12.4. The first kappa shape index (κ1) is 28.9. The van der Waals surface area contributed by atoms with E-state index in [0.717, 1.165) is 6.04 Å². The highest BCUT2D eigenvalue weighted by Crippen LogP contribution is 2.13. The fourth-order valence-corrected chi connectivity index (χ4v) is 3.16. The fraction of sp³-hybridized carbons (Fsp3) is 0.923. The Bertz CT molecular complexity index is 265. The van der Waals surface area contributed by atoms with Crippen LogP contribution >= 0.6 is 0 Å². The average molecular weight is 382 g/mol. The first-order chi connectivity index (χ1) is 13.1. The summed E-state index contributed by atoms with van der Waals surface area (Å²) >= 11 is 0. The SMILES string of the molecule is CC/C=C\CCCCCCCCCCCC(C)N(C)C.CCCCCCC. The summed E-state index contributed by atoms with van der Waals surface area (Å²) < 4.78 is 0. The molecule has 164 valence electrons. The van der Waals surface area contributed by atoms with E-state index in [2.05, 4.69) is 58.8 Å². The van der Waals surface area contributed by atoms with E-state index in [1.165, 1.54) is 109 Å². The Kier molecular flexibility index (Phi) is 27.5. The number of hydrogen-bond donors (Lipinski definition) is 0. The van der Waals surface area contributed by atoms with E-state index in [1.807, 2.05) is 0 Å². The van der Waals surface area contributed by atoms with Gasteiger partial charge in [-0.1, -0.05) is 116 Å². The van der Waals surface area contributed by atoms with Gasteiger partial charge in [-0.05, 0) is 46.7 Å². The van der Waals surface area contributed by atoms with Crippen LogP contribution in [0.1, 0.15) is 137 Å². The average Bonchev–Trinajstić information content (AvgIpc) is 2.66. The molecule has 0 amide bonds. The zero-order valence-corrected chi connectivity index (χ0v) is 20.2. The second-order valence-electron chi connectivity index (χ2n) is 8.51. The number of rotatable bonds is 18. The van der Waals surface area contributed by atoms with Gasteiger partial charge in [-0.25, -0.2) is 0 Å². The van der Waals surface area contributed by atoms with Crippen LogP contribution in [0.5, 0.6) is 0 Å². The van der Waals surface area contributed by atoms with Gasteiger partial charge in [-0.2, -0.15) is 0 Å². The van der Waals surface area contributed by atoms with E-state index < -0.39 is 0 Å². The molecule has 1 nitrogen and oxygen atoms in total. The van der Waals surface area contributed by atoms with Crippen molar-refractivity contribution in [2.45, 2.75) is 143 Å². The smallest absolute Gasteiger partial charge is 0.00608 e. The fourth-order valence-electron chi connectivity index (χ4n) is 3.16. The minimum Gasteiger partial charge on any atom is -0.307 e. The summed E-state index contributed by atoms with van der Waals surface area (Å²) in [5.41, 5.74) is 0. The molecule has 27 heavy (non-hydrogen) atoms. The van der Waals surface area contributed by atoms with Crippen molar-refractivity contribution in [2.75, 3.05) is 14.1 Å². The van der Waals surface area contributed by atoms with Gasteiger partial charge in [-0.15, -0.1) is 0 Å². The van der Waals surface area contributed by atoms with Crippen LogP contribution in [0.4, 0.5) is 0 Å². The van der Waals surface area contributed by atoms with Crippen LogP contribution in [0.2, 0.25) is 0 Å². The zero-order valence-electron chi connectivity index (χ0n) is 20.2. The van der Waals surface area contributed by atoms with Crippen molar-refractivity contribution < 1.29 is 0 Å². The highest BCUT2D eigenvalue weighted by molar-refractivity contribution is 4.79. The van der Waals surface area contributed by atoms with E-state index in [9.17, 15) is 0 Å². The topological polar surface area (TPSA) is 3.24 Å². The van der Waals surface area contributed by atoms with Crippen molar-refractivity contribution in [1.29, 1.82) is 0 Å². The van der Waals surface area contributed by atoms with Crippen LogP contribution in [-0.2, 0) is 0 Å². The molecule has 0 aromatic rings. The third-order valence-electron chi connectivity index (χ3n) is 5.48. The number of hydrogen-bond acceptors (Lipinski definition) is 1. The van der Waals surface area contributed by atoms with Crippen molar-refractivity contribution in [1.82, 2.24) is 4.90 Å². The van der Waals surface area contributed by atoms with Crippen molar-refractivity contribution in [2.24, 2.45) is 0 Å². The maximum absolute atomic E-state index is 2.34. The van der Waals surface area contributed by atoms with E-state index in [1.54, 1.807) is 0 Å². The molecule has 1 heteroatoms. The first-order valence-corrected chi connectivity index (χ1v) is 12.4. The van der Waals surface area contributed by atoms with Crippen LogP contribution < -0.4 is 0 Å². The third-order valence-corrected chi connectivity index (χ3v) is 5.48. The van der Waals surface area contributed by atoms with Gasteiger partial charge in [0.25, 0.3) is 0 Å². The molecule has 0 radical (unpaired) electrons. The Labute approximate surface area is 174 Å². The summed E-state index contributed by atoms with van der Waals surface area (Å²) in [4.78, 5) is 2.33. The van der Waals surface area contributed by atoms with Gasteiger partial charge in [-0.3, -0.25) is 0 Å². The van der Waals surface area contributed by atoms with Gasteiger partial charge < -0.3 is 4.90 Å². The van der Waals surface area contributed by atoms with Crippen molar-refractivity contribution in [3.05, 3.63) is 12.2 Å². The van der Waals surface area contributed by atoms with Crippen LogP contribution in [0, 0.1) is 0 Å². The number of allylic oxidation sites excluding steroid dienone is 2. The van der Waals surface area contributed by atoms with Gasteiger partial charge in [0.2, 0.25) is 0 Å². The van der Waals surface area contributed by atoms with Crippen LogP contribution in [-0.4, -0.2) is 25.0 Å². The van der Waals surface area contributed by atoms with Gasteiger partial charge in [0.15, 0.2) is 0 Å². The Morgan fingerprint density at radius 1 is 0.593 bits per heavy atom. The van der Waals surface area contributed by atoms with Crippen LogP contribution in [0.3, 0.4) is 0 Å². The lowest BCUT2D eigenvalue weighted by atomic mass is 10.0. The lowest BCUT2D eigenvalue weighted by molar-refractivity contribution is 0.291. The third kappa shape index (κ3) is 28.0. The molecule has 0 aliphatic rings. The Morgan fingerprint density at radius 2 is 1.04 bits per heavy atom. The van der Waals surface area contributed by atoms with Crippen molar-refractivity contribution in [3.63, 3.8) is 0 Å². The Hall–Kier alpha value is -0.300. The van der Waals surface area contributed by atoms with Gasteiger partial charge in [0, 0.05) is 6.04 Å². The maximum atomic E-state index is 2.34. The molecule has 0 N–H and O–H groups in total. The molecule has 0 rings (SSSR count). The van der Waals surface area contributed by atoms with E-state index in [0.29, 0.717) is 0 Å². The maximum Gasteiger partial charge on any atom is 0.00608 e. The second-order valence-corrected chi connectivity index (χ2v) is 8.51. The molecule has 0 spiro atoms. The minimum absolute atomic E-state index is 0.747. The predicted octanol–water partition coefficient (Wildman–Crippen LogP) is 9.17. The van der Waals surface area contributed by atoms with Gasteiger partial charge in [0.1, 0.15) is 0 Å². The molecule has 0 aliphatic heterocycles. The summed E-state index contributed by atoms with van der Waals surface area (Å²) in [6.45, 7) is 9.03. The molecule has 0 aliphatic carbocycles. The standard InChI is InChI=1S/C19H39N.C7H16/c1-5-6-7-8-9-10-11-12-13-14-15-16-17-18-19(2)20(3)4;1-3-5-7-6-4-2/h6-7,19H,5,8-18H2,1-4H3;3-7H2,1-2H3/b7-6-;. The second kappa shape index (κ2) is 25.7. The molecule has 0 heterocycles. The van der Waals surface area contributed by atoms with E-state index in [4.69, 9.17) is 0 Å². The molecule has 0 aromatic heterocycles. The molecule has 0 bridgehead atoms. The van der Waals surface area contributed by atoms with E-state index >= 15 is 0 Å². The molecular weight excluding hydrogens is 326 g/mol. The predicted molar refractivity (Wildman–Crippen MR) is 128 cm³/mol. The number of nitrogens with zero attached hydrogens (tertiary/aromatic N) is 1. The van der Waals surface area contributed by atoms with Gasteiger partial charge >= 0.3 is 0 Å². The monoisotopic (exact) mass is 381 g/mol. The molecule has 0 saturated heterocycles. The van der Waals surface area contributed by atoms with Crippen molar-refractivity contribution in [3.8, 4) is 0 Å². The highest BCUT2D eigenvalue weighted by Gasteiger charge is 2.02. The molecule has 0 saturated carbocycles. The first-order valence-electron chi connectivity index (χ1n) is 12.4. The lowest BCUT2D eigenvalue weighted by Gasteiger charge is -2.19. The zero-order chi connectivity index (χ0) is 20.6. The quantitative estimate of drug-likeness (QED) is 0.169. The minimum atomic E-state index is 0.747. The Balaban J connectivity index is 0. The molecule has 1 atom stereocenters. The molecule has 0 aromatic carbocycles. The Morgan fingerprint density at radius 3 is 1.48 bits per heavy atom. The molecule has 0 fully saturated rings. The molecule has 1 unspecified atom stereocenters. The summed E-state index contributed by atoms with van der Waals surface area (Å²) in [5, 5.41) is 0. The van der Waals surface area contributed by atoms with Gasteiger partial charge in [0.05, 0.1) is 0 Å². The molecular formula is C26H55N. The summed E-state index contributed by atoms with van der Waals surface area (Å²) in [7, 11) is 4.37. The van der Waals surface area contributed by atoms with E-state index in [-0.39, 0.29) is 0 Å². The van der Waals surface area contributed by atoms with Crippen LogP contribution in [0.15, 0.2) is 12.2 Å². The largest absolute Gasteiger partial charge is 0.307 e. The highest BCUT2D eigenvalue weighted by atomic mass is 15.1. The number of unbranched alkanes of at least 4 members (excludes halogenated alkanes) is 13.